The first kappa shape index (κ1) is 25.3. The van der Waals surface area contributed by atoms with Gasteiger partial charge in [-0.25, -0.2) is 4.98 Å². The Morgan fingerprint density at radius 3 is 2.48 bits per heavy atom. The van der Waals surface area contributed by atoms with Crippen LogP contribution in [-0.4, -0.2) is 36.4 Å². The van der Waals surface area contributed by atoms with E-state index in [4.69, 9.17) is 0 Å². The quantitative estimate of drug-likeness (QED) is 0.475. The highest BCUT2D eigenvalue weighted by atomic mass is 32.1. The normalized spacial score (nSPS) is 15.1. The van der Waals surface area contributed by atoms with E-state index in [0.717, 1.165) is 37.8 Å². The van der Waals surface area contributed by atoms with Gasteiger partial charge in [-0.2, -0.15) is 13.2 Å². The van der Waals surface area contributed by atoms with E-state index >= 15 is 0 Å². The van der Waals surface area contributed by atoms with Gasteiger partial charge in [0.15, 0.2) is 5.69 Å². The van der Waals surface area contributed by atoms with Crippen molar-refractivity contribution in [3.63, 3.8) is 0 Å². The molecule has 12 heteroatoms. The van der Waals surface area contributed by atoms with E-state index in [1.807, 2.05) is 0 Å². The zero-order valence-corrected chi connectivity index (χ0v) is 18.3. The third kappa shape index (κ3) is 7.88. The Kier molecular flexibility index (Phi) is 8.22. The Labute approximate surface area is 190 Å². The Hall–Kier alpha value is -2.34. The lowest BCUT2D eigenvalue weighted by molar-refractivity contribution is -0.274. The number of ether oxygens (including phenoxy) is 1. The molecule has 1 heterocycles. The Balaban J connectivity index is 1.58. The first-order valence-electron chi connectivity index (χ1n) is 10.4. The third-order valence-corrected chi connectivity index (χ3v) is 6.22. The molecule has 33 heavy (non-hydrogen) atoms. The summed E-state index contributed by atoms with van der Waals surface area (Å²) in [4.78, 5) is 15.6. The van der Waals surface area contributed by atoms with Crippen molar-refractivity contribution in [1.29, 1.82) is 0 Å². The SMILES string of the molecule is O=C(NCCc1cccc(OC(F)(F)F)c1)c1sc(CCNC2CCCC2)nc1C(F)(F)F. The van der Waals surface area contributed by atoms with Gasteiger partial charge in [-0.3, -0.25) is 4.79 Å². The number of hydrogen-bond donors (Lipinski definition) is 2. The largest absolute Gasteiger partial charge is 0.573 e. The second kappa shape index (κ2) is 10.7. The van der Waals surface area contributed by atoms with E-state index in [2.05, 4.69) is 20.4 Å². The lowest BCUT2D eigenvalue weighted by Crippen LogP contribution is -2.28. The molecule has 0 spiro atoms. The van der Waals surface area contributed by atoms with Gasteiger partial charge in [-0.15, -0.1) is 24.5 Å². The predicted octanol–water partition coefficient (Wildman–Crippen LogP) is 5.11. The van der Waals surface area contributed by atoms with Gasteiger partial charge in [0.2, 0.25) is 0 Å². The second-order valence-electron chi connectivity index (χ2n) is 7.67. The number of rotatable bonds is 9. The summed E-state index contributed by atoms with van der Waals surface area (Å²) < 4.78 is 81.0. The monoisotopic (exact) mass is 495 g/mol. The van der Waals surface area contributed by atoms with Crippen LogP contribution < -0.4 is 15.4 Å². The molecular formula is C21H23F6N3O2S. The maximum atomic E-state index is 13.4. The Morgan fingerprint density at radius 1 is 1.09 bits per heavy atom. The Morgan fingerprint density at radius 2 is 1.82 bits per heavy atom. The summed E-state index contributed by atoms with van der Waals surface area (Å²) in [5.74, 6) is -1.33. The molecule has 2 N–H and O–H groups in total. The van der Waals surface area contributed by atoms with Crippen molar-refractivity contribution in [2.24, 2.45) is 0 Å². The number of thiazole rings is 1. The average Bonchev–Trinajstić information content (AvgIpc) is 3.37. The third-order valence-electron chi connectivity index (χ3n) is 5.10. The van der Waals surface area contributed by atoms with Gasteiger partial charge < -0.3 is 15.4 Å². The van der Waals surface area contributed by atoms with Crippen molar-refractivity contribution < 1.29 is 35.9 Å². The average molecular weight is 495 g/mol. The number of amides is 1. The Bertz CT molecular complexity index is 939. The summed E-state index contributed by atoms with van der Waals surface area (Å²) >= 11 is 0.704. The minimum Gasteiger partial charge on any atom is -0.406 e. The number of hydrogen-bond acceptors (Lipinski definition) is 5. The highest BCUT2D eigenvalue weighted by Crippen LogP contribution is 2.34. The van der Waals surface area contributed by atoms with E-state index in [9.17, 15) is 31.1 Å². The molecule has 1 amide bonds. The van der Waals surface area contributed by atoms with Gasteiger partial charge in [0.1, 0.15) is 10.6 Å². The molecule has 0 atom stereocenters. The van der Waals surface area contributed by atoms with Crippen LogP contribution in [0, 0.1) is 0 Å². The fourth-order valence-corrected chi connectivity index (χ4v) is 4.63. The molecular weight excluding hydrogens is 472 g/mol. The second-order valence-corrected chi connectivity index (χ2v) is 8.75. The summed E-state index contributed by atoms with van der Waals surface area (Å²) in [5, 5.41) is 5.91. The van der Waals surface area contributed by atoms with E-state index in [-0.39, 0.29) is 24.4 Å². The fourth-order valence-electron chi connectivity index (χ4n) is 3.63. The molecule has 0 unspecified atom stereocenters. The summed E-state index contributed by atoms with van der Waals surface area (Å²) in [5.41, 5.74) is -0.794. The smallest absolute Gasteiger partial charge is 0.406 e. The number of halogens is 6. The van der Waals surface area contributed by atoms with Crippen molar-refractivity contribution >= 4 is 17.2 Å². The van der Waals surface area contributed by atoms with Crippen molar-refractivity contribution in [3.05, 3.63) is 45.4 Å². The lowest BCUT2D eigenvalue weighted by atomic mass is 10.1. The molecule has 1 aliphatic rings. The van der Waals surface area contributed by atoms with Crippen molar-refractivity contribution in [2.75, 3.05) is 13.1 Å². The molecule has 182 valence electrons. The molecule has 1 aromatic heterocycles. The number of carbonyl (C=O) groups is 1. The van der Waals surface area contributed by atoms with Gasteiger partial charge >= 0.3 is 12.5 Å². The maximum Gasteiger partial charge on any atom is 0.573 e. The number of alkyl halides is 6. The first-order valence-corrected chi connectivity index (χ1v) is 11.3. The van der Waals surface area contributed by atoms with E-state index in [1.54, 1.807) is 0 Å². The fraction of sp³-hybridized carbons (Fsp3) is 0.524. The number of benzene rings is 1. The molecule has 1 aromatic carbocycles. The molecule has 0 saturated heterocycles. The van der Waals surface area contributed by atoms with Gasteiger partial charge in [0.25, 0.3) is 5.91 Å². The van der Waals surface area contributed by atoms with Crippen molar-refractivity contribution in [2.45, 2.75) is 57.1 Å². The molecule has 2 aromatic rings. The van der Waals surface area contributed by atoms with Crippen LogP contribution in [0.1, 0.15) is 51.6 Å². The van der Waals surface area contributed by atoms with Crippen LogP contribution in [-0.2, 0) is 19.0 Å². The van der Waals surface area contributed by atoms with Gasteiger partial charge in [0.05, 0.1) is 5.01 Å². The molecule has 1 saturated carbocycles. The number of carbonyl (C=O) groups excluding carboxylic acids is 1. The first-order chi connectivity index (χ1) is 15.5. The number of aromatic nitrogens is 1. The van der Waals surface area contributed by atoms with E-state index in [0.29, 0.717) is 29.5 Å². The van der Waals surface area contributed by atoms with Crippen LogP contribution in [0.5, 0.6) is 5.75 Å². The van der Waals surface area contributed by atoms with Crippen molar-refractivity contribution in [1.82, 2.24) is 15.6 Å². The molecule has 0 aliphatic heterocycles. The predicted molar refractivity (Wildman–Crippen MR) is 110 cm³/mol. The molecule has 1 aliphatic carbocycles. The molecule has 1 fully saturated rings. The van der Waals surface area contributed by atoms with Gasteiger partial charge in [-0.05, 0) is 37.0 Å². The standard InChI is InChI=1S/C21H23F6N3O2S/c22-20(23,24)18-17(33-16(30-18)9-11-28-14-5-1-2-6-14)19(31)29-10-8-13-4-3-7-15(12-13)32-21(25,26)27/h3-4,7,12,14,28H,1-2,5-6,8-11H2,(H,29,31). The minimum absolute atomic E-state index is 0.0674. The van der Waals surface area contributed by atoms with Crippen LogP contribution in [0.2, 0.25) is 0 Å². The van der Waals surface area contributed by atoms with Crippen LogP contribution >= 0.6 is 11.3 Å². The van der Waals surface area contributed by atoms with Gasteiger partial charge in [0, 0.05) is 25.6 Å². The zero-order chi connectivity index (χ0) is 24.1. The van der Waals surface area contributed by atoms with E-state index < -0.39 is 34.8 Å². The highest BCUT2D eigenvalue weighted by molar-refractivity contribution is 7.13. The molecule has 0 radical (unpaired) electrons. The van der Waals surface area contributed by atoms with Gasteiger partial charge in [-0.1, -0.05) is 25.0 Å². The zero-order valence-electron chi connectivity index (χ0n) is 17.5. The van der Waals surface area contributed by atoms with Crippen LogP contribution in [0.4, 0.5) is 26.3 Å². The van der Waals surface area contributed by atoms with Crippen LogP contribution in [0.3, 0.4) is 0 Å². The summed E-state index contributed by atoms with van der Waals surface area (Å²) in [6.45, 7) is 0.412. The molecule has 0 bridgehead atoms. The summed E-state index contributed by atoms with van der Waals surface area (Å²) in [6, 6.07) is 5.54. The van der Waals surface area contributed by atoms with E-state index in [1.165, 1.54) is 12.1 Å². The van der Waals surface area contributed by atoms with Crippen LogP contribution in [0.25, 0.3) is 0 Å². The summed E-state index contributed by atoms with van der Waals surface area (Å²) in [6.07, 6.45) is -4.85. The lowest BCUT2D eigenvalue weighted by Gasteiger charge is -2.10. The highest BCUT2D eigenvalue weighted by Gasteiger charge is 2.39. The van der Waals surface area contributed by atoms with Crippen LogP contribution in [0.15, 0.2) is 24.3 Å². The topological polar surface area (TPSA) is 63.2 Å². The van der Waals surface area contributed by atoms with Crippen molar-refractivity contribution in [3.8, 4) is 5.75 Å². The summed E-state index contributed by atoms with van der Waals surface area (Å²) in [7, 11) is 0. The number of nitrogens with zero attached hydrogens (tertiary/aromatic N) is 1. The molecule has 3 rings (SSSR count). The number of nitrogens with one attached hydrogen (secondary N) is 2. The molecule has 5 nitrogen and oxygen atoms in total. The maximum absolute atomic E-state index is 13.4. The minimum atomic E-state index is -4.84.